The molecule has 2 fully saturated rings. The molecule has 0 bridgehead atoms. The molecule has 2 aliphatic rings. The van der Waals surface area contributed by atoms with Crippen LogP contribution in [0.1, 0.15) is 70.0 Å². The zero-order chi connectivity index (χ0) is 30.7. The van der Waals surface area contributed by atoms with Crippen molar-refractivity contribution >= 4 is 11.9 Å². The van der Waals surface area contributed by atoms with E-state index < -0.39 is 41.3 Å². The van der Waals surface area contributed by atoms with Crippen molar-refractivity contribution < 1.29 is 28.6 Å². The smallest absolute Gasteiger partial charge is 0.326 e. The number of methoxy groups -OCH3 is 1. The number of ether oxygens (including phenoxy) is 2. The molecule has 0 spiro atoms. The Morgan fingerprint density at radius 3 is 2.30 bits per heavy atom. The number of nitrogens with zero attached hydrogens (tertiary/aromatic N) is 2. The Labute approximate surface area is 253 Å². The summed E-state index contributed by atoms with van der Waals surface area (Å²) in [5.74, 6) is -2.37. The van der Waals surface area contributed by atoms with Crippen LogP contribution in [0, 0.1) is 23.1 Å². The van der Waals surface area contributed by atoms with E-state index in [2.05, 4.69) is 4.98 Å². The molecule has 1 N–H and O–H groups in total. The van der Waals surface area contributed by atoms with Crippen molar-refractivity contribution in [3.63, 3.8) is 0 Å². The van der Waals surface area contributed by atoms with Gasteiger partial charge in [0.25, 0.3) is 0 Å². The van der Waals surface area contributed by atoms with E-state index in [0.29, 0.717) is 24.3 Å². The second kappa shape index (κ2) is 12.8. The van der Waals surface area contributed by atoms with E-state index in [1.807, 2.05) is 57.2 Å². The van der Waals surface area contributed by atoms with Crippen molar-refractivity contribution in [3.8, 4) is 17.0 Å². The number of carbonyl (C=O) groups is 2. The van der Waals surface area contributed by atoms with E-state index in [-0.39, 0.29) is 24.0 Å². The number of carboxylic acid groups (broad SMARTS) is 1. The molecule has 3 aromatic rings. The Morgan fingerprint density at radius 1 is 1.00 bits per heavy atom. The summed E-state index contributed by atoms with van der Waals surface area (Å²) in [6, 6.07) is 16.0. The number of pyridine rings is 1. The number of aliphatic carboxylic acids is 1. The van der Waals surface area contributed by atoms with E-state index in [4.69, 9.17) is 9.47 Å². The highest BCUT2D eigenvalue weighted by atomic mass is 19.1. The predicted molar refractivity (Wildman–Crippen MR) is 162 cm³/mol. The first-order valence-corrected chi connectivity index (χ1v) is 15.1. The molecule has 7 nitrogen and oxygen atoms in total. The minimum absolute atomic E-state index is 0.0385. The molecule has 2 aromatic carbocycles. The van der Waals surface area contributed by atoms with Crippen LogP contribution in [0.5, 0.6) is 5.88 Å². The topological polar surface area (TPSA) is 89.0 Å². The number of amides is 1. The van der Waals surface area contributed by atoms with Gasteiger partial charge >= 0.3 is 5.97 Å². The van der Waals surface area contributed by atoms with Crippen LogP contribution in [0.2, 0.25) is 0 Å². The summed E-state index contributed by atoms with van der Waals surface area (Å²) in [5, 5.41) is 10.7. The number of rotatable bonds is 8. The number of aromatic nitrogens is 1. The Bertz CT molecular complexity index is 1430. The fourth-order valence-corrected chi connectivity index (χ4v) is 6.95. The molecule has 4 atom stereocenters. The SMILES string of the molecule is COc1ncc(-c2ccccc2)cc1CO[C@H]1[C@H](C(C)(C)C)[C@@H](C(=O)O)N(C(=O)C2CCCCC2)[C@H]1c1ccccc1F. The lowest BCUT2D eigenvalue weighted by Gasteiger charge is -2.35. The first-order valence-electron chi connectivity index (χ1n) is 15.1. The Balaban J connectivity index is 1.60. The molecular weight excluding hydrogens is 547 g/mol. The maximum Gasteiger partial charge on any atom is 0.326 e. The maximum absolute atomic E-state index is 15.6. The van der Waals surface area contributed by atoms with Gasteiger partial charge in [-0.1, -0.05) is 88.6 Å². The average molecular weight is 589 g/mol. The molecule has 1 saturated heterocycles. The lowest BCUT2D eigenvalue weighted by atomic mass is 9.73. The minimum atomic E-state index is -1.18. The van der Waals surface area contributed by atoms with Gasteiger partial charge < -0.3 is 19.5 Å². The molecule has 1 aromatic heterocycles. The highest BCUT2D eigenvalue weighted by molar-refractivity contribution is 5.87. The van der Waals surface area contributed by atoms with Crippen molar-refractivity contribution in [1.29, 1.82) is 0 Å². The summed E-state index contributed by atoms with van der Waals surface area (Å²) in [6.07, 6.45) is 5.21. The van der Waals surface area contributed by atoms with Gasteiger partial charge in [-0.15, -0.1) is 0 Å². The van der Waals surface area contributed by atoms with E-state index in [9.17, 15) is 14.7 Å². The second-order valence-electron chi connectivity index (χ2n) is 12.8. The van der Waals surface area contributed by atoms with E-state index in [1.165, 1.54) is 18.1 Å². The summed E-state index contributed by atoms with van der Waals surface area (Å²) >= 11 is 0. The zero-order valence-electron chi connectivity index (χ0n) is 25.3. The van der Waals surface area contributed by atoms with Crippen molar-refractivity contribution in [3.05, 3.63) is 83.8 Å². The number of hydrogen-bond donors (Lipinski definition) is 1. The summed E-state index contributed by atoms with van der Waals surface area (Å²) < 4.78 is 27.8. The van der Waals surface area contributed by atoms with Gasteiger partial charge in [-0.2, -0.15) is 0 Å². The van der Waals surface area contributed by atoms with Crippen LogP contribution in [-0.4, -0.2) is 46.1 Å². The van der Waals surface area contributed by atoms with Crippen LogP contribution in [-0.2, 0) is 20.9 Å². The van der Waals surface area contributed by atoms with Crippen LogP contribution >= 0.6 is 0 Å². The van der Waals surface area contributed by atoms with E-state index in [1.54, 1.807) is 24.4 Å². The van der Waals surface area contributed by atoms with Crippen LogP contribution in [0.3, 0.4) is 0 Å². The molecule has 43 heavy (non-hydrogen) atoms. The quantitative estimate of drug-likeness (QED) is 0.303. The molecule has 228 valence electrons. The van der Waals surface area contributed by atoms with Crippen LogP contribution < -0.4 is 4.74 Å². The van der Waals surface area contributed by atoms with Gasteiger partial charge in [0, 0.05) is 34.7 Å². The third-order valence-corrected chi connectivity index (χ3v) is 8.95. The van der Waals surface area contributed by atoms with E-state index >= 15 is 4.39 Å². The monoisotopic (exact) mass is 588 g/mol. The summed E-state index contributed by atoms with van der Waals surface area (Å²) in [7, 11) is 1.54. The van der Waals surface area contributed by atoms with Crippen molar-refractivity contribution in [2.75, 3.05) is 7.11 Å². The fraction of sp³-hybridized carbons (Fsp3) is 0.457. The molecule has 8 heteroatoms. The minimum Gasteiger partial charge on any atom is -0.481 e. The second-order valence-corrected chi connectivity index (χ2v) is 12.8. The third-order valence-electron chi connectivity index (χ3n) is 8.95. The number of hydrogen-bond acceptors (Lipinski definition) is 5. The predicted octanol–water partition coefficient (Wildman–Crippen LogP) is 7.06. The molecule has 1 saturated carbocycles. The number of carbonyl (C=O) groups excluding carboxylic acids is 1. The lowest BCUT2D eigenvalue weighted by molar-refractivity contribution is -0.154. The Hall–Kier alpha value is -3.78. The third kappa shape index (κ3) is 6.30. The zero-order valence-corrected chi connectivity index (χ0v) is 25.3. The van der Waals surface area contributed by atoms with Crippen molar-refractivity contribution in [1.82, 2.24) is 9.88 Å². The van der Waals surface area contributed by atoms with E-state index in [0.717, 1.165) is 30.4 Å². The molecule has 2 heterocycles. The number of benzene rings is 2. The molecule has 5 rings (SSSR count). The van der Waals surface area contributed by atoms with Gasteiger partial charge in [-0.25, -0.2) is 14.2 Å². The highest BCUT2D eigenvalue weighted by Gasteiger charge is 2.59. The number of halogens is 1. The molecule has 0 radical (unpaired) electrons. The number of likely N-dealkylation sites (tertiary alicyclic amines) is 1. The van der Waals surface area contributed by atoms with Crippen LogP contribution in [0.15, 0.2) is 66.9 Å². The van der Waals surface area contributed by atoms with Crippen LogP contribution in [0.25, 0.3) is 11.1 Å². The van der Waals surface area contributed by atoms with Gasteiger partial charge in [-0.3, -0.25) is 4.79 Å². The number of carboxylic acids is 1. The first-order chi connectivity index (χ1) is 20.6. The molecule has 0 unspecified atom stereocenters. The van der Waals surface area contributed by atoms with Crippen LogP contribution in [0.4, 0.5) is 4.39 Å². The lowest BCUT2D eigenvalue weighted by Crippen LogP contribution is -2.49. The van der Waals surface area contributed by atoms with Gasteiger partial charge in [-0.05, 0) is 36.0 Å². The maximum atomic E-state index is 15.6. The summed E-state index contributed by atoms with van der Waals surface area (Å²) in [4.78, 5) is 33.3. The summed E-state index contributed by atoms with van der Waals surface area (Å²) in [6.45, 7) is 5.90. The van der Waals surface area contributed by atoms with Crippen molar-refractivity contribution in [2.45, 2.75) is 77.7 Å². The van der Waals surface area contributed by atoms with Gasteiger partial charge in [0.05, 0.1) is 25.9 Å². The molecule has 1 amide bonds. The van der Waals surface area contributed by atoms with Gasteiger partial charge in [0.2, 0.25) is 11.8 Å². The van der Waals surface area contributed by atoms with Crippen molar-refractivity contribution in [2.24, 2.45) is 17.3 Å². The van der Waals surface area contributed by atoms with Gasteiger partial charge in [0.1, 0.15) is 11.9 Å². The standard InChI is InChI=1S/C35H41FN2O5/c1-35(2,3)28-30(34(40)41)38(33(39)23-15-9-6-10-16-23)29(26-17-11-12-18-27(26)36)31(28)43-21-25-19-24(20-37-32(25)42-4)22-13-7-5-8-14-22/h5,7-8,11-14,17-20,23,28-31H,6,9-10,15-16,21H2,1-4H3,(H,40,41)/t28-,29+,30+,31+/m1/s1. The fourth-order valence-electron chi connectivity index (χ4n) is 6.95. The normalized spacial score (nSPS) is 22.9. The molecule has 1 aliphatic heterocycles. The Morgan fingerprint density at radius 2 is 1.67 bits per heavy atom. The first kappa shape index (κ1) is 30.7. The molecule has 1 aliphatic carbocycles. The largest absolute Gasteiger partial charge is 0.481 e. The molecular formula is C35H41FN2O5. The Kier molecular flexibility index (Phi) is 9.16. The highest BCUT2D eigenvalue weighted by Crippen LogP contribution is 2.51. The average Bonchev–Trinajstić information content (AvgIpc) is 3.36. The summed E-state index contributed by atoms with van der Waals surface area (Å²) in [5.41, 5.74) is 2.20. The van der Waals surface area contributed by atoms with Gasteiger partial charge in [0.15, 0.2) is 0 Å².